The maximum Gasteiger partial charge on any atom is 0.407 e. The highest BCUT2D eigenvalue weighted by atomic mass is 16.6. The van der Waals surface area contributed by atoms with Crippen LogP contribution in [0.15, 0.2) is 0 Å². The van der Waals surface area contributed by atoms with E-state index in [9.17, 15) is 4.79 Å². The number of carbonyl (C=O) groups is 1. The van der Waals surface area contributed by atoms with Gasteiger partial charge in [0, 0.05) is 18.6 Å². The fourth-order valence-electron chi connectivity index (χ4n) is 4.15. The quantitative estimate of drug-likeness (QED) is 0.716. The summed E-state index contributed by atoms with van der Waals surface area (Å²) in [6, 6.07) is 1.20. The monoisotopic (exact) mass is 367 g/mol. The molecule has 0 aromatic carbocycles. The van der Waals surface area contributed by atoms with Gasteiger partial charge in [0.25, 0.3) is 0 Å². The van der Waals surface area contributed by atoms with Crippen LogP contribution in [0.3, 0.4) is 0 Å². The summed E-state index contributed by atoms with van der Waals surface area (Å²) in [6.45, 7) is 12.2. The molecule has 0 spiro atoms. The standard InChI is InChI=1S/C21H41N3O2/c1-17(10-13-22-20(25)26-21(2,3)4)24-14-11-19(12-15-24)23-16-18-8-6-5-7-9-18/h17-19,23H,5-16H2,1-4H3,(H,22,25). The summed E-state index contributed by atoms with van der Waals surface area (Å²) >= 11 is 0. The van der Waals surface area contributed by atoms with Gasteiger partial charge in [-0.3, -0.25) is 0 Å². The van der Waals surface area contributed by atoms with E-state index in [2.05, 4.69) is 22.5 Å². The second kappa shape index (κ2) is 10.5. The van der Waals surface area contributed by atoms with Crippen molar-refractivity contribution in [2.24, 2.45) is 5.92 Å². The van der Waals surface area contributed by atoms with Crippen molar-refractivity contribution in [2.75, 3.05) is 26.2 Å². The number of nitrogens with one attached hydrogen (secondary N) is 2. The minimum Gasteiger partial charge on any atom is -0.444 e. The molecule has 2 aliphatic rings. The number of amides is 1. The van der Waals surface area contributed by atoms with E-state index in [4.69, 9.17) is 4.74 Å². The number of alkyl carbamates (subject to hydrolysis) is 1. The maximum absolute atomic E-state index is 11.7. The van der Waals surface area contributed by atoms with Crippen molar-refractivity contribution >= 4 is 6.09 Å². The molecule has 5 nitrogen and oxygen atoms in total. The van der Waals surface area contributed by atoms with Gasteiger partial charge in [0.2, 0.25) is 0 Å². The Labute approximate surface area is 160 Å². The topological polar surface area (TPSA) is 53.6 Å². The highest BCUT2D eigenvalue weighted by Crippen LogP contribution is 2.23. The second-order valence-electron chi connectivity index (χ2n) is 9.29. The molecule has 1 aliphatic carbocycles. The lowest BCUT2D eigenvalue weighted by Gasteiger charge is -2.37. The number of rotatable bonds is 7. The number of carbonyl (C=O) groups excluding carboxylic acids is 1. The molecule has 0 aromatic rings. The molecule has 26 heavy (non-hydrogen) atoms. The van der Waals surface area contributed by atoms with Gasteiger partial charge in [-0.05, 0) is 85.4 Å². The molecule has 2 N–H and O–H groups in total. The second-order valence-corrected chi connectivity index (χ2v) is 9.29. The van der Waals surface area contributed by atoms with Crippen molar-refractivity contribution in [2.45, 2.75) is 96.7 Å². The summed E-state index contributed by atoms with van der Waals surface area (Å²) < 4.78 is 5.28. The maximum atomic E-state index is 11.7. The van der Waals surface area contributed by atoms with Gasteiger partial charge in [0.05, 0.1) is 0 Å². The van der Waals surface area contributed by atoms with Crippen LogP contribution in [0.2, 0.25) is 0 Å². The van der Waals surface area contributed by atoms with Crippen LogP contribution in [-0.2, 0) is 4.74 Å². The Hall–Kier alpha value is -0.810. The van der Waals surface area contributed by atoms with Gasteiger partial charge in [0.15, 0.2) is 0 Å². The van der Waals surface area contributed by atoms with Crippen LogP contribution < -0.4 is 10.6 Å². The highest BCUT2D eigenvalue weighted by Gasteiger charge is 2.24. The number of likely N-dealkylation sites (tertiary alicyclic amines) is 1. The van der Waals surface area contributed by atoms with Crippen molar-refractivity contribution < 1.29 is 9.53 Å². The Kier molecular flexibility index (Phi) is 8.68. The molecule has 0 radical (unpaired) electrons. The molecule has 1 aliphatic heterocycles. The van der Waals surface area contributed by atoms with Crippen molar-refractivity contribution in [3.63, 3.8) is 0 Å². The Morgan fingerprint density at radius 2 is 1.77 bits per heavy atom. The van der Waals surface area contributed by atoms with Crippen LogP contribution in [0.25, 0.3) is 0 Å². The first kappa shape index (κ1) is 21.5. The van der Waals surface area contributed by atoms with Crippen LogP contribution in [0.5, 0.6) is 0 Å². The molecule has 5 heteroatoms. The van der Waals surface area contributed by atoms with Crippen molar-refractivity contribution in [3.8, 4) is 0 Å². The molecule has 152 valence electrons. The van der Waals surface area contributed by atoms with E-state index in [1.807, 2.05) is 20.8 Å². The number of ether oxygens (including phenoxy) is 1. The Bertz CT molecular complexity index is 408. The van der Waals surface area contributed by atoms with Gasteiger partial charge >= 0.3 is 6.09 Å². The summed E-state index contributed by atoms with van der Waals surface area (Å²) in [7, 11) is 0. The number of hydrogen-bond acceptors (Lipinski definition) is 4. The Balaban J connectivity index is 1.56. The average Bonchev–Trinajstić information content (AvgIpc) is 2.59. The van der Waals surface area contributed by atoms with Gasteiger partial charge in [-0.2, -0.15) is 0 Å². The lowest BCUT2D eigenvalue weighted by atomic mass is 9.89. The zero-order valence-electron chi connectivity index (χ0n) is 17.5. The first-order valence-corrected chi connectivity index (χ1v) is 10.8. The van der Waals surface area contributed by atoms with E-state index in [0.29, 0.717) is 18.6 Å². The molecule has 1 saturated heterocycles. The minimum atomic E-state index is -0.428. The van der Waals surface area contributed by atoms with Gasteiger partial charge in [-0.25, -0.2) is 4.79 Å². The fraction of sp³-hybridized carbons (Fsp3) is 0.952. The summed E-state index contributed by atoms with van der Waals surface area (Å²) in [5.74, 6) is 0.916. The number of nitrogens with zero attached hydrogens (tertiary/aromatic N) is 1. The molecular weight excluding hydrogens is 326 g/mol. The zero-order valence-corrected chi connectivity index (χ0v) is 17.5. The third kappa shape index (κ3) is 8.26. The lowest BCUT2D eigenvalue weighted by Crippen LogP contribution is -2.47. The molecule has 1 atom stereocenters. The molecule has 1 heterocycles. The molecule has 0 aromatic heterocycles. The SMILES string of the molecule is CC(CCNC(=O)OC(C)(C)C)N1CCC(NCC2CCCCC2)CC1. The largest absolute Gasteiger partial charge is 0.444 e. The molecule has 2 fully saturated rings. The van der Waals surface area contributed by atoms with Crippen molar-refractivity contribution in [1.29, 1.82) is 0 Å². The van der Waals surface area contributed by atoms with Crippen LogP contribution in [0.1, 0.15) is 79.1 Å². The van der Waals surface area contributed by atoms with Crippen LogP contribution in [-0.4, -0.2) is 54.9 Å². The van der Waals surface area contributed by atoms with E-state index in [1.165, 1.54) is 51.5 Å². The van der Waals surface area contributed by atoms with Crippen LogP contribution in [0.4, 0.5) is 4.79 Å². The highest BCUT2D eigenvalue weighted by molar-refractivity contribution is 5.67. The molecular formula is C21H41N3O2. The molecule has 2 rings (SSSR count). The first-order chi connectivity index (χ1) is 12.3. The summed E-state index contributed by atoms with van der Waals surface area (Å²) in [6.07, 6.45) is 10.3. The summed E-state index contributed by atoms with van der Waals surface area (Å²) in [4.78, 5) is 14.3. The number of piperidine rings is 1. The third-order valence-electron chi connectivity index (χ3n) is 5.80. The van der Waals surface area contributed by atoms with E-state index in [0.717, 1.165) is 25.4 Å². The lowest BCUT2D eigenvalue weighted by molar-refractivity contribution is 0.0520. The average molecular weight is 368 g/mol. The number of hydrogen-bond donors (Lipinski definition) is 2. The molecule has 1 saturated carbocycles. The van der Waals surface area contributed by atoms with Gasteiger partial charge in [0.1, 0.15) is 5.60 Å². The van der Waals surface area contributed by atoms with Gasteiger partial charge in [-0.1, -0.05) is 19.3 Å². The normalized spacial score (nSPS) is 22.2. The predicted molar refractivity (Wildman–Crippen MR) is 107 cm³/mol. The first-order valence-electron chi connectivity index (χ1n) is 10.8. The van der Waals surface area contributed by atoms with Gasteiger partial charge in [-0.15, -0.1) is 0 Å². The molecule has 0 bridgehead atoms. The van der Waals surface area contributed by atoms with Crippen molar-refractivity contribution in [1.82, 2.24) is 15.5 Å². The van der Waals surface area contributed by atoms with E-state index in [-0.39, 0.29) is 6.09 Å². The smallest absolute Gasteiger partial charge is 0.407 e. The van der Waals surface area contributed by atoms with E-state index >= 15 is 0 Å². The summed E-state index contributed by atoms with van der Waals surface area (Å²) in [5, 5.41) is 6.70. The minimum absolute atomic E-state index is 0.310. The molecule has 1 unspecified atom stereocenters. The van der Waals surface area contributed by atoms with Crippen LogP contribution in [0, 0.1) is 5.92 Å². The van der Waals surface area contributed by atoms with Crippen LogP contribution >= 0.6 is 0 Å². The van der Waals surface area contributed by atoms with Gasteiger partial charge < -0.3 is 20.3 Å². The molecule has 1 amide bonds. The van der Waals surface area contributed by atoms with E-state index < -0.39 is 5.60 Å². The van der Waals surface area contributed by atoms with Crippen molar-refractivity contribution in [3.05, 3.63) is 0 Å². The third-order valence-corrected chi connectivity index (χ3v) is 5.80. The van der Waals surface area contributed by atoms with E-state index in [1.54, 1.807) is 0 Å². The Morgan fingerprint density at radius 3 is 2.38 bits per heavy atom. The fourth-order valence-corrected chi connectivity index (χ4v) is 4.15. The zero-order chi connectivity index (χ0) is 19.0. The summed E-state index contributed by atoms with van der Waals surface area (Å²) in [5.41, 5.74) is -0.428. The Morgan fingerprint density at radius 1 is 1.12 bits per heavy atom. The predicted octanol–water partition coefficient (Wildman–Crippen LogP) is 3.92.